The van der Waals surface area contributed by atoms with Crippen LogP contribution in [0.2, 0.25) is 5.02 Å². The average Bonchev–Trinajstić information content (AvgIpc) is 2.82. The maximum atomic E-state index is 14.2. The molecule has 2 heterocycles. The minimum Gasteiger partial charge on any atom is -0.317 e. The molecule has 1 aromatic carbocycles. The van der Waals surface area contributed by atoms with E-state index < -0.39 is 0 Å². The summed E-state index contributed by atoms with van der Waals surface area (Å²) in [6, 6.07) is 4.69. The molecule has 106 valence electrons. The number of benzene rings is 1. The summed E-state index contributed by atoms with van der Waals surface area (Å²) in [5, 5.41) is 12.1. The first-order chi connectivity index (χ1) is 9.66. The van der Waals surface area contributed by atoms with E-state index in [0.29, 0.717) is 22.5 Å². The second-order valence-electron chi connectivity index (χ2n) is 5.06. The van der Waals surface area contributed by atoms with Crippen LogP contribution in [0.4, 0.5) is 4.39 Å². The molecule has 1 aromatic heterocycles. The maximum Gasteiger partial charge on any atom is 0.148 e. The number of piperidine rings is 1. The molecule has 2 aromatic rings. The van der Waals surface area contributed by atoms with Crippen LogP contribution < -0.4 is 5.32 Å². The van der Waals surface area contributed by atoms with Gasteiger partial charge in [0, 0.05) is 10.9 Å². The Morgan fingerprint density at radius 1 is 1.30 bits per heavy atom. The summed E-state index contributed by atoms with van der Waals surface area (Å²) in [6.45, 7) is 3.75. The van der Waals surface area contributed by atoms with Crippen molar-refractivity contribution in [2.24, 2.45) is 0 Å². The van der Waals surface area contributed by atoms with Crippen LogP contribution in [0.25, 0.3) is 5.69 Å². The van der Waals surface area contributed by atoms with E-state index in [4.69, 9.17) is 11.6 Å². The van der Waals surface area contributed by atoms with E-state index in [1.807, 2.05) is 11.5 Å². The van der Waals surface area contributed by atoms with Crippen molar-refractivity contribution in [1.29, 1.82) is 0 Å². The van der Waals surface area contributed by atoms with Crippen molar-refractivity contribution in [3.8, 4) is 5.69 Å². The molecule has 0 aliphatic carbocycles. The monoisotopic (exact) mass is 294 g/mol. The van der Waals surface area contributed by atoms with Crippen molar-refractivity contribution in [2.45, 2.75) is 25.7 Å². The van der Waals surface area contributed by atoms with Crippen LogP contribution >= 0.6 is 11.6 Å². The minimum atomic E-state index is -0.351. The third kappa shape index (κ3) is 2.43. The van der Waals surface area contributed by atoms with Crippen LogP contribution in [-0.4, -0.2) is 27.9 Å². The number of halogens is 2. The third-order valence-corrected chi connectivity index (χ3v) is 3.94. The molecule has 4 nitrogen and oxygen atoms in total. The molecule has 0 unspecified atom stereocenters. The molecule has 3 rings (SSSR count). The molecule has 6 heteroatoms. The Kier molecular flexibility index (Phi) is 3.72. The van der Waals surface area contributed by atoms with Gasteiger partial charge < -0.3 is 5.32 Å². The fourth-order valence-electron chi connectivity index (χ4n) is 2.68. The van der Waals surface area contributed by atoms with Gasteiger partial charge in [0.05, 0.1) is 5.69 Å². The topological polar surface area (TPSA) is 42.7 Å². The Bertz CT molecular complexity index is 620. The largest absolute Gasteiger partial charge is 0.317 e. The van der Waals surface area contributed by atoms with E-state index in [1.54, 1.807) is 12.1 Å². The van der Waals surface area contributed by atoms with Crippen molar-refractivity contribution in [2.75, 3.05) is 13.1 Å². The van der Waals surface area contributed by atoms with Gasteiger partial charge >= 0.3 is 0 Å². The summed E-state index contributed by atoms with van der Waals surface area (Å²) in [5.41, 5.74) is 0.463. The first-order valence-corrected chi connectivity index (χ1v) is 7.12. The first kappa shape index (κ1) is 13.5. The van der Waals surface area contributed by atoms with Crippen LogP contribution in [0.1, 0.15) is 30.4 Å². The number of aromatic nitrogens is 3. The van der Waals surface area contributed by atoms with Gasteiger partial charge in [0.25, 0.3) is 0 Å². The van der Waals surface area contributed by atoms with Gasteiger partial charge in [0.1, 0.15) is 17.5 Å². The molecule has 1 N–H and O–H groups in total. The lowest BCUT2D eigenvalue weighted by molar-refractivity contribution is 0.439. The minimum absolute atomic E-state index is 0.313. The van der Waals surface area contributed by atoms with Gasteiger partial charge in [0.15, 0.2) is 0 Å². The highest BCUT2D eigenvalue weighted by Gasteiger charge is 2.23. The molecule has 0 spiro atoms. The van der Waals surface area contributed by atoms with Gasteiger partial charge in [-0.25, -0.2) is 4.39 Å². The molecule has 0 saturated carbocycles. The molecule has 0 bridgehead atoms. The van der Waals surface area contributed by atoms with Gasteiger partial charge in [-0.15, -0.1) is 10.2 Å². The second kappa shape index (κ2) is 5.50. The normalized spacial score (nSPS) is 16.6. The molecule has 0 radical (unpaired) electrons. The fourth-order valence-corrected chi connectivity index (χ4v) is 2.84. The van der Waals surface area contributed by atoms with Gasteiger partial charge in [-0.1, -0.05) is 11.6 Å². The molecule has 0 amide bonds. The Labute approximate surface area is 122 Å². The van der Waals surface area contributed by atoms with Crippen LogP contribution in [0, 0.1) is 12.7 Å². The number of hydrogen-bond donors (Lipinski definition) is 1. The van der Waals surface area contributed by atoms with Gasteiger partial charge in [-0.05, 0) is 51.1 Å². The molecule has 20 heavy (non-hydrogen) atoms. The zero-order chi connectivity index (χ0) is 14.1. The summed E-state index contributed by atoms with van der Waals surface area (Å²) < 4.78 is 16.0. The quantitative estimate of drug-likeness (QED) is 0.926. The molecule has 0 atom stereocenters. The van der Waals surface area contributed by atoms with Crippen molar-refractivity contribution < 1.29 is 4.39 Å². The lowest BCUT2D eigenvalue weighted by Gasteiger charge is -2.22. The highest BCUT2D eigenvalue weighted by Crippen LogP contribution is 2.28. The molecule has 1 fully saturated rings. The predicted molar refractivity (Wildman–Crippen MR) is 75.9 cm³/mol. The van der Waals surface area contributed by atoms with E-state index in [1.165, 1.54) is 6.07 Å². The number of hydrogen-bond acceptors (Lipinski definition) is 3. The SMILES string of the molecule is Cc1nnc(C2CCNCC2)n1-c1ccc(Cl)cc1F. The van der Waals surface area contributed by atoms with E-state index in [2.05, 4.69) is 15.5 Å². The number of aryl methyl sites for hydroxylation is 1. The summed E-state index contributed by atoms with van der Waals surface area (Å²) >= 11 is 5.82. The standard InChI is InChI=1S/C14H16ClFN4/c1-9-18-19-14(10-4-6-17-7-5-10)20(9)13-3-2-11(15)8-12(13)16/h2-3,8,10,17H,4-7H2,1H3. The lowest BCUT2D eigenvalue weighted by atomic mass is 9.97. The van der Waals surface area contributed by atoms with Gasteiger partial charge in [-0.2, -0.15) is 0 Å². The molecule has 1 saturated heterocycles. The summed E-state index contributed by atoms with van der Waals surface area (Å²) in [7, 11) is 0. The number of nitrogens with one attached hydrogen (secondary N) is 1. The van der Waals surface area contributed by atoms with Crippen molar-refractivity contribution >= 4 is 11.6 Å². The van der Waals surface area contributed by atoms with Crippen LogP contribution in [-0.2, 0) is 0 Å². The third-order valence-electron chi connectivity index (χ3n) is 3.70. The summed E-state index contributed by atoms with van der Waals surface area (Å²) in [4.78, 5) is 0. The molecule has 1 aliphatic heterocycles. The average molecular weight is 295 g/mol. The van der Waals surface area contributed by atoms with E-state index in [-0.39, 0.29) is 5.82 Å². The zero-order valence-electron chi connectivity index (χ0n) is 11.2. The van der Waals surface area contributed by atoms with Crippen molar-refractivity contribution in [3.05, 3.63) is 40.7 Å². The number of rotatable bonds is 2. The highest BCUT2D eigenvalue weighted by atomic mass is 35.5. The summed E-state index contributed by atoms with van der Waals surface area (Å²) in [6.07, 6.45) is 1.99. The zero-order valence-corrected chi connectivity index (χ0v) is 12.0. The molecule has 1 aliphatic rings. The Hall–Kier alpha value is -1.46. The van der Waals surface area contributed by atoms with Crippen LogP contribution in [0.5, 0.6) is 0 Å². The molecular formula is C14H16ClFN4. The van der Waals surface area contributed by atoms with E-state index in [0.717, 1.165) is 31.8 Å². The number of nitrogens with zero attached hydrogens (tertiary/aromatic N) is 3. The smallest absolute Gasteiger partial charge is 0.148 e. The molecular weight excluding hydrogens is 279 g/mol. The van der Waals surface area contributed by atoms with Crippen LogP contribution in [0.3, 0.4) is 0 Å². The van der Waals surface area contributed by atoms with Crippen molar-refractivity contribution in [3.63, 3.8) is 0 Å². The predicted octanol–water partition coefficient (Wildman–Crippen LogP) is 2.84. The van der Waals surface area contributed by atoms with Gasteiger partial charge in [0.2, 0.25) is 0 Å². The first-order valence-electron chi connectivity index (χ1n) is 6.75. The maximum absolute atomic E-state index is 14.2. The Morgan fingerprint density at radius 3 is 2.75 bits per heavy atom. The summed E-state index contributed by atoms with van der Waals surface area (Å²) in [5.74, 6) is 1.49. The Morgan fingerprint density at radius 2 is 2.05 bits per heavy atom. The van der Waals surface area contributed by atoms with E-state index >= 15 is 0 Å². The van der Waals surface area contributed by atoms with Gasteiger partial charge in [-0.3, -0.25) is 4.57 Å². The highest BCUT2D eigenvalue weighted by molar-refractivity contribution is 6.30. The fraction of sp³-hybridized carbons (Fsp3) is 0.429. The van der Waals surface area contributed by atoms with Crippen LogP contribution in [0.15, 0.2) is 18.2 Å². The second-order valence-corrected chi connectivity index (χ2v) is 5.50. The lowest BCUT2D eigenvalue weighted by Crippen LogP contribution is -2.28. The van der Waals surface area contributed by atoms with Crippen molar-refractivity contribution in [1.82, 2.24) is 20.1 Å². The Balaban J connectivity index is 2.06. The van der Waals surface area contributed by atoms with E-state index in [9.17, 15) is 4.39 Å².